The van der Waals surface area contributed by atoms with Crippen LogP contribution in [0.1, 0.15) is 39.0 Å². The Kier molecular flexibility index (Phi) is 6.33. The second-order valence-corrected chi connectivity index (χ2v) is 15.8. The first-order valence-corrected chi connectivity index (χ1v) is 14.8. The third-order valence-electron chi connectivity index (χ3n) is 6.76. The van der Waals surface area contributed by atoms with Crippen LogP contribution in [0.2, 0.25) is 5.04 Å². The summed E-state index contributed by atoms with van der Waals surface area (Å²) in [5.74, 6) is 0.493. The first-order valence-electron chi connectivity index (χ1n) is 12.0. The summed E-state index contributed by atoms with van der Waals surface area (Å²) in [6.07, 6.45) is 3.87. The summed E-state index contributed by atoms with van der Waals surface area (Å²) in [7, 11) is -2.55. The van der Waals surface area contributed by atoms with E-state index < -0.39 is 8.32 Å². The largest absolute Gasteiger partial charge is 0.406 e. The van der Waals surface area contributed by atoms with Gasteiger partial charge in [0.15, 0.2) is 11.5 Å². The molecule has 5 rings (SSSR count). The number of fused-ring (bicyclic) bond motifs is 1. The minimum absolute atomic E-state index is 0.0368. The molecule has 182 valence electrons. The summed E-state index contributed by atoms with van der Waals surface area (Å²) >= 11 is 1.91. The third kappa shape index (κ3) is 4.32. The smallest absolute Gasteiger partial charge is 0.261 e. The average Bonchev–Trinajstić information content (AvgIpc) is 3.47. The van der Waals surface area contributed by atoms with Crippen LogP contribution in [0, 0.1) is 0 Å². The SMILES string of the molecule is CC(C)(C)[Si](OC[C@H]1CC[C@@H](n2cnc3c(N)nc(N)nc32)S1)(c1ccccc1)c1ccccc1. The molecule has 1 aliphatic rings. The maximum atomic E-state index is 7.17. The van der Waals surface area contributed by atoms with Gasteiger partial charge in [-0.25, -0.2) is 4.98 Å². The van der Waals surface area contributed by atoms with Crippen molar-refractivity contribution in [3.63, 3.8) is 0 Å². The van der Waals surface area contributed by atoms with Crippen molar-refractivity contribution >= 4 is 53.4 Å². The third-order valence-corrected chi connectivity index (χ3v) is 13.3. The van der Waals surface area contributed by atoms with E-state index in [1.54, 1.807) is 6.33 Å². The number of anilines is 2. The lowest BCUT2D eigenvalue weighted by Gasteiger charge is -2.43. The highest BCUT2D eigenvalue weighted by Gasteiger charge is 2.50. The fraction of sp³-hybridized carbons (Fsp3) is 0.346. The van der Waals surface area contributed by atoms with Gasteiger partial charge in [0.25, 0.3) is 8.32 Å². The number of nitrogens with two attached hydrogens (primary N) is 2. The van der Waals surface area contributed by atoms with E-state index in [-0.39, 0.29) is 16.4 Å². The number of hydrogen-bond donors (Lipinski definition) is 2. The lowest BCUT2D eigenvalue weighted by atomic mass is 10.2. The molecule has 3 heterocycles. The zero-order chi connectivity index (χ0) is 24.6. The second-order valence-electron chi connectivity index (χ2n) is 10.1. The standard InChI is InChI=1S/C26H32N6OSSi/c1-26(2,3)35(19-10-6-4-7-11-19,20-12-8-5-9-13-20)33-16-18-14-15-21(34-18)32-17-29-22-23(27)30-25(28)31-24(22)32/h4-13,17-18,21H,14-16H2,1-3H3,(H4,27,28,30,31)/t18-,21+/m1/s1. The van der Waals surface area contributed by atoms with Crippen LogP contribution in [0.5, 0.6) is 0 Å². The van der Waals surface area contributed by atoms with Crippen LogP contribution in [0.3, 0.4) is 0 Å². The lowest BCUT2D eigenvalue weighted by molar-refractivity contribution is 0.295. The molecule has 0 saturated carbocycles. The van der Waals surface area contributed by atoms with Crippen molar-refractivity contribution in [1.29, 1.82) is 0 Å². The maximum absolute atomic E-state index is 7.17. The van der Waals surface area contributed by atoms with Gasteiger partial charge >= 0.3 is 0 Å². The van der Waals surface area contributed by atoms with Gasteiger partial charge in [0, 0.05) is 11.9 Å². The number of rotatable bonds is 6. The van der Waals surface area contributed by atoms with Crippen molar-refractivity contribution in [3.05, 3.63) is 67.0 Å². The minimum Gasteiger partial charge on any atom is -0.406 e. The molecular formula is C26H32N6OSSi. The van der Waals surface area contributed by atoms with E-state index in [2.05, 4.69) is 101 Å². The molecule has 1 saturated heterocycles. The summed E-state index contributed by atoms with van der Waals surface area (Å²) in [4.78, 5) is 12.9. The summed E-state index contributed by atoms with van der Waals surface area (Å²) in [6, 6.07) is 21.6. The van der Waals surface area contributed by atoms with Crippen LogP contribution in [0.15, 0.2) is 67.0 Å². The Hall–Kier alpha value is -2.88. The summed E-state index contributed by atoms with van der Waals surface area (Å²) < 4.78 is 9.25. The Morgan fingerprint density at radius 3 is 2.20 bits per heavy atom. The van der Waals surface area contributed by atoms with E-state index in [0.29, 0.717) is 28.8 Å². The molecule has 0 amide bonds. The Morgan fingerprint density at radius 1 is 0.971 bits per heavy atom. The summed E-state index contributed by atoms with van der Waals surface area (Å²) in [5.41, 5.74) is 13.2. The monoisotopic (exact) mass is 504 g/mol. The summed E-state index contributed by atoms with van der Waals surface area (Å²) in [6.45, 7) is 7.64. The fourth-order valence-electron chi connectivity index (χ4n) is 5.16. The first-order chi connectivity index (χ1) is 16.8. The highest BCUT2D eigenvalue weighted by molar-refractivity contribution is 8.00. The molecule has 0 spiro atoms. The quantitative estimate of drug-likeness (QED) is 0.383. The van der Waals surface area contributed by atoms with Crippen LogP contribution in [0.25, 0.3) is 11.2 Å². The highest BCUT2D eigenvalue weighted by atomic mass is 32.2. The van der Waals surface area contributed by atoms with E-state index in [1.165, 1.54) is 10.4 Å². The van der Waals surface area contributed by atoms with Crippen LogP contribution >= 0.6 is 11.8 Å². The van der Waals surface area contributed by atoms with Crippen molar-refractivity contribution in [2.24, 2.45) is 0 Å². The van der Waals surface area contributed by atoms with Gasteiger partial charge in [-0.3, -0.25) is 0 Å². The van der Waals surface area contributed by atoms with E-state index in [0.717, 1.165) is 12.8 Å². The zero-order valence-electron chi connectivity index (χ0n) is 20.4. The number of thioether (sulfide) groups is 1. The van der Waals surface area contributed by atoms with Gasteiger partial charge in [-0.1, -0.05) is 81.4 Å². The van der Waals surface area contributed by atoms with Gasteiger partial charge in [-0.15, -0.1) is 11.8 Å². The van der Waals surface area contributed by atoms with Crippen LogP contribution in [-0.4, -0.2) is 39.7 Å². The Balaban J connectivity index is 1.42. The van der Waals surface area contributed by atoms with Gasteiger partial charge in [0.1, 0.15) is 5.52 Å². The van der Waals surface area contributed by atoms with Gasteiger partial charge in [-0.05, 0) is 28.3 Å². The molecule has 4 N–H and O–H groups in total. The minimum atomic E-state index is -2.55. The molecule has 2 aromatic carbocycles. The molecular weight excluding hydrogens is 472 g/mol. The van der Waals surface area contributed by atoms with E-state index in [9.17, 15) is 0 Å². The van der Waals surface area contributed by atoms with E-state index in [1.807, 2.05) is 11.8 Å². The highest BCUT2D eigenvalue weighted by Crippen LogP contribution is 2.44. The van der Waals surface area contributed by atoms with Gasteiger partial charge in [0.2, 0.25) is 5.95 Å². The molecule has 7 nitrogen and oxygen atoms in total. The number of nitrogens with zero attached hydrogens (tertiary/aromatic N) is 4. The van der Waals surface area contributed by atoms with Crippen LogP contribution in [-0.2, 0) is 4.43 Å². The van der Waals surface area contributed by atoms with Crippen molar-refractivity contribution in [3.8, 4) is 0 Å². The van der Waals surface area contributed by atoms with Crippen molar-refractivity contribution in [2.75, 3.05) is 18.1 Å². The van der Waals surface area contributed by atoms with Crippen LogP contribution in [0.4, 0.5) is 11.8 Å². The number of benzene rings is 2. The fourth-order valence-corrected chi connectivity index (χ4v) is 11.3. The Morgan fingerprint density at radius 2 is 1.60 bits per heavy atom. The first kappa shape index (κ1) is 23.8. The number of imidazole rings is 1. The number of nitrogen functional groups attached to an aromatic ring is 2. The molecule has 4 aromatic rings. The molecule has 1 aliphatic heterocycles. The van der Waals surface area contributed by atoms with Crippen molar-refractivity contribution in [2.45, 2.75) is 49.3 Å². The van der Waals surface area contributed by atoms with Crippen molar-refractivity contribution < 1.29 is 4.43 Å². The second kappa shape index (κ2) is 9.29. The molecule has 0 bridgehead atoms. The molecule has 35 heavy (non-hydrogen) atoms. The molecule has 0 aliphatic carbocycles. The topological polar surface area (TPSA) is 105 Å². The Labute approximate surface area is 211 Å². The average molecular weight is 505 g/mol. The molecule has 2 aromatic heterocycles. The molecule has 0 unspecified atom stereocenters. The number of hydrogen-bond acceptors (Lipinski definition) is 7. The predicted octanol–water partition coefficient (Wildman–Crippen LogP) is 3.96. The zero-order valence-corrected chi connectivity index (χ0v) is 22.2. The van der Waals surface area contributed by atoms with Gasteiger partial charge in [-0.2, -0.15) is 9.97 Å². The normalized spacial score (nSPS) is 18.8. The van der Waals surface area contributed by atoms with Gasteiger partial charge < -0.3 is 20.5 Å². The van der Waals surface area contributed by atoms with E-state index >= 15 is 0 Å². The summed E-state index contributed by atoms with van der Waals surface area (Å²) in [5, 5.41) is 3.16. The van der Waals surface area contributed by atoms with Crippen molar-refractivity contribution in [1.82, 2.24) is 19.5 Å². The van der Waals surface area contributed by atoms with Crippen LogP contribution < -0.4 is 21.8 Å². The lowest BCUT2D eigenvalue weighted by Crippen LogP contribution is -2.67. The molecule has 0 radical (unpaired) electrons. The number of aromatic nitrogens is 4. The predicted molar refractivity (Wildman–Crippen MR) is 147 cm³/mol. The Bertz CT molecular complexity index is 1270. The molecule has 9 heteroatoms. The molecule has 1 fully saturated rings. The molecule has 2 atom stereocenters. The maximum Gasteiger partial charge on any atom is 0.261 e. The van der Waals surface area contributed by atoms with Gasteiger partial charge in [0.05, 0.1) is 11.7 Å². The van der Waals surface area contributed by atoms with E-state index in [4.69, 9.17) is 15.9 Å².